The van der Waals surface area contributed by atoms with Gasteiger partial charge in [-0.3, -0.25) is 0 Å². The van der Waals surface area contributed by atoms with Crippen molar-refractivity contribution in [1.82, 2.24) is 9.97 Å². The van der Waals surface area contributed by atoms with Crippen LogP contribution in [0.15, 0.2) is 18.3 Å². The van der Waals surface area contributed by atoms with Crippen molar-refractivity contribution < 1.29 is 0 Å². The molecule has 0 aliphatic rings. The molecule has 2 rings (SSSR count). The minimum Gasteiger partial charge on any atom is -0.341 e. The number of rotatable bonds is 3. The van der Waals surface area contributed by atoms with Gasteiger partial charge >= 0.3 is 0 Å². The van der Waals surface area contributed by atoms with Crippen LogP contribution in [-0.4, -0.2) is 9.97 Å². The molecule has 0 amide bonds. The second kappa shape index (κ2) is 5.27. The number of nitrogens with one attached hydrogen (secondary N) is 1. The number of benzene rings is 1. The van der Waals surface area contributed by atoms with Crippen molar-refractivity contribution in [3.05, 3.63) is 40.8 Å². The monoisotopic (exact) mass is 253 g/mol. The van der Waals surface area contributed by atoms with Gasteiger partial charge in [-0.15, -0.1) is 0 Å². The molecule has 0 fully saturated rings. The molecule has 1 heterocycles. The van der Waals surface area contributed by atoms with Crippen molar-refractivity contribution in [3.8, 4) is 17.3 Å². The fourth-order valence-corrected chi connectivity index (χ4v) is 2.59. The summed E-state index contributed by atoms with van der Waals surface area (Å²) < 4.78 is 0. The van der Waals surface area contributed by atoms with E-state index in [9.17, 15) is 0 Å². The molecule has 0 aliphatic carbocycles. The maximum atomic E-state index is 9.09. The summed E-state index contributed by atoms with van der Waals surface area (Å²) in [7, 11) is 0. The van der Waals surface area contributed by atoms with Gasteiger partial charge < -0.3 is 4.98 Å². The Hall–Kier alpha value is -2.08. The van der Waals surface area contributed by atoms with Crippen molar-refractivity contribution in [2.75, 3.05) is 0 Å². The Balaban J connectivity index is 2.47. The summed E-state index contributed by atoms with van der Waals surface area (Å²) in [6.07, 6.45) is 2.61. The Morgan fingerprint density at radius 3 is 2.42 bits per heavy atom. The van der Waals surface area contributed by atoms with E-state index in [0.29, 0.717) is 0 Å². The average Bonchev–Trinajstić information content (AvgIpc) is 2.78. The predicted molar refractivity (Wildman–Crippen MR) is 76.9 cm³/mol. The number of H-pyrrole nitrogens is 1. The Morgan fingerprint density at radius 2 is 1.89 bits per heavy atom. The van der Waals surface area contributed by atoms with Crippen molar-refractivity contribution in [2.24, 2.45) is 0 Å². The Kier molecular flexibility index (Phi) is 3.71. The fraction of sp³-hybridized carbons (Fsp3) is 0.375. The average molecular weight is 253 g/mol. The lowest BCUT2D eigenvalue weighted by atomic mass is 9.98. The van der Waals surface area contributed by atoms with Crippen LogP contribution in [0.1, 0.15) is 41.8 Å². The molecule has 0 radical (unpaired) electrons. The summed E-state index contributed by atoms with van der Waals surface area (Å²) in [4.78, 5) is 7.66. The maximum absolute atomic E-state index is 9.09. The maximum Gasteiger partial charge on any atom is 0.123 e. The normalized spacial score (nSPS) is 12.2. The van der Waals surface area contributed by atoms with Crippen LogP contribution in [0.3, 0.4) is 0 Å². The third-order valence-electron chi connectivity index (χ3n) is 3.44. The molecular weight excluding hydrogens is 234 g/mol. The summed E-state index contributed by atoms with van der Waals surface area (Å²) in [5.74, 6) is 0.610. The van der Waals surface area contributed by atoms with Gasteiger partial charge in [0.25, 0.3) is 0 Å². The molecule has 1 unspecified atom stereocenters. The number of hydrogen-bond donors (Lipinski definition) is 1. The summed E-state index contributed by atoms with van der Waals surface area (Å²) in [6.45, 7) is 8.32. The molecule has 3 heteroatoms. The lowest BCUT2D eigenvalue weighted by Gasteiger charge is -2.09. The van der Waals surface area contributed by atoms with Gasteiger partial charge in [0.1, 0.15) is 11.7 Å². The summed E-state index contributed by atoms with van der Waals surface area (Å²) in [6, 6.07) is 6.62. The third kappa shape index (κ3) is 2.53. The predicted octanol–water partition coefficient (Wildman–Crippen LogP) is 4.02. The lowest BCUT2D eigenvalue weighted by molar-refractivity contribution is 0.766. The highest BCUT2D eigenvalue weighted by Gasteiger charge is 2.14. The van der Waals surface area contributed by atoms with Crippen molar-refractivity contribution in [1.29, 1.82) is 5.26 Å². The smallest absolute Gasteiger partial charge is 0.123 e. The second-order valence-corrected chi connectivity index (χ2v) is 5.05. The molecule has 1 N–H and O–H groups in total. The van der Waals surface area contributed by atoms with E-state index in [1.54, 1.807) is 0 Å². The number of aryl methyl sites for hydroxylation is 3. The number of nitriles is 1. The van der Waals surface area contributed by atoms with Crippen molar-refractivity contribution in [3.63, 3.8) is 0 Å². The Labute approximate surface area is 114 Å². The molecule has 1 atom stereocenters. The van der Waals surface area contributed by atoms with Gasteiger partial charge in [-0.1, -0.05) is 24.6 Å². The van der Waals surface area contributed by atoms with E-state index in [2.05, 4.69) is 48.9 Å². The molecule has 2 aromatic rings. The molecule has 0 saturated carbocycles. The zero-order valence-electron chi connectivity index (χ0n) is 11.9. The quantitative estimate of drug-likeness (QED) is 0.898. The molecule has 98 valence electrons. The van der Waals surface area contributed by atoms with E-state index in [1.807, 2.05) is 13.1 Å². The van der Waals surface area contributed by atoms with Crippen molar-refractivity contribution in [2.45, 2.75) is 40.0 Å². The van der Waals surface area contributed by atoms with Crippen LogP contribution in [0, 0.1) is 32.1 Å². The van der Waals surface area contributed by atoms with E-state index >= 15 is 0 Å². The first kappa shape index (κ1) is 13.4. The SMILES string of the molecule is CCC(C#N)c1ncc(-c2c(C)cc(C)cc2C)[nH]1. The van der Waals surface area contributed by atoms with Crippen molar-refractivity contribution >= 4 is 0 Å². The molecule has 0 aliphatic heterocycles. The van der Waals surface area contributed by atoms with Crippen LogP contribution < -0.4 is 0 Å². The zero-order valence-corrected chi connectivity index (χ0v) is 11.9. The molecule has 0 spiro atoms. The van der Waals surface area contributed by atoms with Gasteiger partial charge in [0.05, 0.1) is 18.0 Å². The minimum absolute atomic E-state index is 0.153. The highest BCUT2D eigenvalue weighted by atomic mass is 14.9. The van der Waals surface area contributed by atoms with Crippen LogP contribution in [0.2, 0.25) is 0 Å². The number of aromatic amines is 1. The van der Waals surface area contributed by atoms with Gasteiger partial charge in [-0.05, 0) is 38.3 Å². The van der Waals surface area contributed by atoms with E-state index in [1.165, 1.54) is 22.3 Å². The van der Waals surface area contributed by atoms with Gasteiger partial charge in [-0.25, -0.2) is 4.98 Å². The van der Waals surface area contributed by atoms with Crippen LogP contribution in [0.4, 0.5) is 0 Å². The number of aromatic nitrogens is 2. The Bertz CT molecular complexity index is 609. The summed E-state index contributed by atoms with van der Waals surface area (Å²) in [5, 5.41) is 9.09. The number of nitrogens with zero attached hydrogens (tertiary/aromatic N) is 2. The molecule has 3 nitrogen and oxygen atoms in total. The van der Waals surface area contributed by atoms with E-state index < -0.39 is 0 Å². The van der Waals surface area contributed by atoms with Crippen LogP contribution in [-0.2, 0) is 0 Å². The first-order valence-corrected chi connectivity index (χ1v) is 6.59. The zero-order chi connectivity index (χ0) is 14.0. The summed E-state index contributed by atoms with van der Waals surface area (Å²) in [5.41, 5.74) is 5.92. The van der Waals surface area contributed by atoms with Gasteiger partial charge in [0, 0.05) is 5.56 Å². The molecule has 0 saturated heterocycles. The largest absolute Gasteiger partial charge is 0.341 e. The molecule has 19 heavy (non-hydrogen) atoms. The molecule has 0 bridgehead atoms. The summed E-state index contributed by atoms with van der Waals surface area (Å²) >= 11 is 0. The molecule has 1 aromatic heterocycles. The lowest BCUT2D eigenvalue weighted by Crippen LogP contribution is -1.96. The van der Waals surface area contributed by atoms with Gasteiger partial charge in [0.15, 0.2) is 0 Å². The van der Waals surface area contributed by atoms with Crippen LogP contribution in [0.5, 0.6) is 0 Å². The van der Waals surface area contributed by atoms with E-state index in [0.717, 1.165) is 17.9 Å². The topological polar surface area (TPSA) is 52.5 Å². The first-order chi connectivity index (χ1) is 9.06. The molecule has 1 aromatic carbocycles. The van der Waals surface area contributed by atoms with E-state index in [4.69, 9.17) is 5.26 Å². The Morgan fingerprint density at radius 1 is 1.26 bits per heavy atom. The van der Waals surface area contributed by atoms with Crippen LogP contribution in [0.25, 0.3) is 11.3 Å². The first-order valence-electron chi connectivity index (χ1n) is 6.59. The van der Waals surface area contributed by atoms with Crippen LogP contribution >= 0.6 is 0 Å². The van der Waals surface area contributed by atoms with Gasteiger partial charge in [-0.2, -0.15) is 5.26 Å². The number of imidazole rings is 1. The minimum atomic E-state index is -0.153. The van der Waals surface area contributed by atoms with E-state index in [-0.39, 0.29) is 5.92 Å². The molecular formula is C16H19N3. The second-order valence-electron chi connectivity index (χ2n) is 5.05. The highest BCUT2D eigenvalue weighted by Crippen LogP contribution is 2.28. The highest BCUT2D eigenvalue weighted by molar-refractivity contribution is 5.67. The van der Waals surface area contributed by atoms with Gasteiger partial charge in [0.2, 0.25) is 0 Å². The number of hydrogen-bond acceptors (Lipinski definition) is 2. The third-order valence-corrected chi connectivity index (χ3v) is 3.44. The fourth-order valence-electron chi connectivity index (χ4n) is 2.59. The standard InChI is InChI=1S/C16H19N3/c1-5-13(8-17)16-18-9-14(19-16)15-11(3)6-10(2)7-12(15)4/h6-7,9,13H,5H2,1-4H3,(H,18,19).